The quantitative estimate of drug-likeness (QED) is 0.817. The van der Waals surface area contributed by atoms with Gasteiger partial charge in [0, 0.05) is 25.6 Å². The molecule has 0 spiro atoms. The highest BCUT2D eigenvalue weighted by molar-refractivity contribution is 5.32. The fraction of sp³-hybridized carbons (Fsp3) is 0.714. The molecule has 1 fully saturated rings. The number of aromatic amines is 1. The second-order valence-corrected chi connectivity index (χ2v) is 5.42. The highest BCUT2D eigenvalue weighted by Crippen LogP contribution is 2.10. The van der Waals surface area contributed by atoms with Crippen molar-refractivity contribution in [2.45, 2.75) is 33.1 Å². The molecule has 106 valence electrons. The maximum atomic E-state index is 11.4. The van der Waals surface area contributed by atoms with Crippen molar-refractivity contribution < 1.29 is 0 Å². The molecule has 2 heterocycles. The van der Waals surface area contributed by atoms with E-state index in [1.54, 1.807) is 0 Å². The fourth-order valence-electron chi connectivity index (χ4n) is 2.52. The zero-order chi connectivity index (χ0) is 13.7. The van der Waals surface area contributed by atoms with Gasteiger partial charge < -0.3 is 15.2 Å². The van der Waals surface area contributed by atoms with Crippen LogP contribution in [-0.4, -0.2) is 41.0 Å². The Labute approximate surface area is 114 Å². The molecule has 0 aromatic carbocycles. The molecule has 1 unspecified atom stereocenters. The Balaban J connectivity index is 1.83. The van der Waals surface area contributed by atoms with Gasteiger partial charge in [-0.1, -0.05) is 13.8 Å². The van der Waals surface area contributed by atoms with Crippen LogP contribution in [0.3, 0.4) is 0 Å². The molecule has 1 aromatic rings. The molecule has 0 amide bonds. The lowest BCUT2D eigenvalue weighted by Gasteiger charge is -2.20. The lowest BCUT2D eigenvalue weighted by molar-refractivity contribution is 0.294. The number of aromatic nitrogens is 2. The Bertz CT molecular complexity index is 451. The number of nitrogens with one attached hydrogen (secondary N) is 2. The molecule has 1 saturated heterocycles. The summed E-state index contributed by atoms with van der Waals surface area (Å²) in [7, 11) is 0. The second kappa shape index (κ2) is 6.70. The largest absolute Gasteiger partial charge is 0.370 e. The number of H-pyrrole nitrogens is 1. The van der Waals surface area contributed by atoms with Gasteiger partial charge in [-0.25, -0.2) is 4.98 Å². The van der Waals surface area contributed by atoms with Crippen LogP contribution >= 0.6 is 0 Å². The molecular formula is C14H24N4O. The van der Waals surface area contributed by atoms with E-state index in [0.717, 1.165) is 25.3 Å². The summed E-state index contributed by atoms with van der Waals surface area (Å²) in [4.78, 5) is 21.1. The lowest BCUT2D eigenvalue weighted by atomic mass is 10.1. The van der Waals surface area contributed by atoms with Crippen LogP contribution in [0, 0.1) is 5.92 Å². The summed E-state index contributed by atoms with van der Waals surface area (Å²) in [5.74, 6) is 1.99. The maximum absolute atomic E-state index is 11.4. The summed E-state index contributed by atoms with van der Waals surface area (Å²) < 4.78 is 0. The van der Waals surface area contributed by atoms with Crippen LogP contribution < -0.4 is 10.9 Å². The standard InChI is InChI=1S/C14H24N4O/c1-3-12-16-13(8-14(19)17-12)15-9-11(2)10-18-6-4-5-7-18/h8,11H,3-7,9-10H2,1-2H3,(H2,15,16,17,19). The molecule has 19 heavy (non-hydrogen) atoms. The Morgan fingerprint density at radius 3 is 2.89 bits per heavy atom. The maximum Gasteiger partial charge on any atom is 0.252 e. The molecule has 1 aliphatic heterocycles. The molecule has 0 radical (unpaired) electrons. The molecular weight excluding hydrogens is 240 g/mol. The summed E-state index contributed by atoms with van der Waals surface area (Å²) in [5, 5.41) is 3.28. The van der Waals surface area contributed by atoms with Gasteiger partial charge in [0.25, 0.3) is 5.56 Å². The third-order valence-corrected chi connectivity index (χ3v) is 3.53. The van der Waals surface area contributed by atoms with Gasteiger partial charge in [-0.2, -0.15) is 0 Å². The highest BCUT2D eigenvalue weighted by atomic mass is 16.1. The van der Waals surface area contributed by atoms with Gasteiger partial charge in [-0.3, -0.25) is 4.79 Å². The average Bonchev–Trinajstić information content (AvgIpc) is 2.88. The minimum absolute atomic E-state index is 0.0819. The topological polar surface area (TPSA) is 61.0 Å². The summed E-state index contributed by atoms with van der Waals surface area (Å²) in [6.45, 7) is 8.66. The Morgan fingerprint density at radius 1 is 1.47 bits per heavy atom. The van der Waals surface area contributed by atoms with Gasteiger partial charge in [0.05, 0.1) is 0 Å². The van der Waals surface area contributed by atoms with Crippen molar-refractivity contribution in [1.29, 1.82) is 0 Å². The van der Waals surface area contributed by atoms with Gasteiger partial charge in [0.1, 0.15) is 11.6 Å². The van der Waals surface area contributed by atoms with Crippen LogP contribution in [0.25, 0.3) is 0 Å². The molecule has 2 N–H and O–H groups in total. The van der Waals surface area contributed by atoms with E-state index >= 15 is 0 Å². The SMILES string of the molecule is CCc1nc(NCC(C)CN2CCCC2)cc(=O)[nH]1. The number of rotatable bonds is 6. The molecule has 1 aromatic heterocycles. The Morgan fingerprint density at radius 2 is 2.21 bits per heavy atom. The average molecular weight is 264 g/mol. The van der Waals surface area contributed by atoms with Crippen molar-refractivity contribution in [2.24, 2.45) is 5.92 Å². The molecule has 2 rings (SSSR count). The molecule has 5 heteroatoms. The van der Waals surface area contributed by atoms with Crippen LogP contribution in [0.15, 0.2) is 10.9 Å². The zero-order valence-electron chi connectivity index (χ0n) is 11.9. The molecule has 5 nitrogen and oxygen atoms in total. The number of aryl methyl sites for hydroxylation is 1. The number of anilines is 1. The Hall–Kier alpha value is -1.36. The van der Waals surface area contributed by atoms with E-state index in [1.165, 1.54) is 32.0 Å². The first-order chi connectivity index (χ1) is 9.17. The van der Waals surface area contributed by atoms with E-state index < -0.39 is 0 Å². The van der Waals surface area contributed by atoms with Gasteiger partial charge in [0.15, 0.2) is 0 Å². The smallest absolute Gasteiger partial charge is 0.252 e. The summed E-state index contributed by atoms with van der Waals surface area (Å²) >= 11 is 0. The van der Waals surface area contributed by atoms with Crippen LogP contribution in [0.4, 0.5) is 5.82 Å². The van der Waals surface area contributed by atoms with Crippen LogP contribution in [0.5, 0.6) is 0 Å². The van der Waals surface area contributed by atoms with E-state index in [0.29, 0.717) is 11.7 Å². The number of nitrogens with zero attached hydrogens (tertiary/aromatic N) is 2. The van der Waals surface area contributed by atoms with Gasteiger partial charge >= 0.3 is 0 Å². The van der Waals surface area contributed by atoms with Crippen LogP contribution in [-0.2, 0) is 6.42 Å². The van der Waals surface area contributed by atoms with Crippen molar-refractivity contribution in [3.05, 3.63) is 22.2 Å². The minimum atomic E-state index is -0.0819. The number of hydrogen-bond donors (Lipinski definition) is 2. The van der Waals surface area contributed by atoms with Gasteiger partial charge in [0.2, 0.25) is 0 Å². The van der Waals surface area contributed by atoms with Crippen molar-refractivity contribution in [3.63, 3.8) is 0 Å². The Kier molecular flexibility index (Phi) is 4.96. The predicted molar refractivity (Wildman–Crippen MR) is 77.6 cm³/mol. The van der Waals surface area contributed by atoms with E-state index in [2.05, 4.69) is 27.1 Å². The predicted octanol–water partition coefficient (Wildman–Crippen LogP) is 1.48. The molecule has 0 bridgehead atoms. The zero-order valence-corrected chi connectivity index (χ0v) is 11.9. The molecule has 1 atom stereocenters. The van der Waals surface area contributed by atoms with Crippen molar-refractivity contribution >= 4 is 5.82 Å². The van der Waals surface area contributed by atoms with E-state index in [4.69, 9.17) is 0 Å². The van der Waals surface area contributed by atoms with Gasteiger partial charge in [-0.15, -0.1) is 0 Å². The second-order valence-electron chi connectivity index (χ2n) is 5.42. The van der Waals surface area contributed by atoms with E-state index in [-0.39, 0.29) is 5.56 Å². The molecule has 1 aliphatic rings. The van der Waals surface area contributed by atoms with E-state index in [1.807, 2.05) is 6.92 Å². The summed E-state index contributed by atoms with van der Waals surface area (Å²) in [6.07, 6.45) is 3.40. The van der Waals surface area contributed by atoms with Crippen molar-refractivity contribution in [2.75, 3.05) is 31.5 Å². The number of likely N-dealkylation sites (tertiary alicyclic amines) is 1. The lowest BCUT2D eigenvalue weighted by Crippen LogP contribution is -2.29. The summed E-state index contributed by atoms with van der Waals surface area (Å²) in [5.41, 5.74) is -0.0819. The normalized spacial score (nSPS) is 17.6. The van der Waals surface area contributed by atoms with Crippen molar-refractivity contribution in [1.82, 2.24) is 14.9 Å². The minimum Gasteiger partial charge on any atom is -0.370 e. The van der Waals surface area contributed by atoms with Gasteiger partial charge in [-0.05, 0) is 31.8 Å². The molecule has 0 aliphatic carbocycles. The third-order valence-electron chi connectivity index (χ3n) is 3.53. The third kappa shape index (κ3) is 4.35. The monoisotopic (exact) mass is 264 g/mol. The first-order valence-corrected chi connectivity index (χ1v) is 7.24. The number of hydrogen-bond acceptors (Lipinski definition) is 4. The molecule has 0 saturated carbocycles. The highest BCUT2D eigenvalue weighted by Gasteiger charge is 2.14. The first-order valence-electron chi connectivity index (χ1n) is 7.24. The van der Waals surface area contributed by atoms with Crippen LogP contribution in [0.2, 0.25) is 0 Å². The van der Waals surface area contributed by atoms with E-state index in [9.17, 15) is 4.79 Å². The van der Waals surface area contributed by atoms with Crippen LogP contribution in [0.1, 0.15) is 32.5 Å². The first kappa shape index (κ1) is 14.1. The summed E-state index contributed by atoms with van der Waals surface area (Å²) in [6, 6.07) is 1.53. The fourth-order valence-corrected chi connectivity index (χ4v) is 2.52. The van der Waals surface area contributed by atoms with Crippen molar-refractivity contribution in [3.8, 4) is 0 Å².